The molecule has 6 rings (SSSR count). The van der Waals surface area contributed by atoms with Crippen molar-refractivity contribution in [3.05, 3.63) is 91.3 Å². The number of hydrazone groups is 1. The third-order valence-electron chi connectivity index (χ3n) is 9.31. The lowest BCUT2D eigenvalue weighted by Crippen LogP contribution is -2.43. The van der Waals surface area contributed by atoms with E-state index in [-0.39, 0.29) is 75.4 Å². The van der Waals surface area contributed by atoms with Gasteiger partial charge in [-0.3, -0.25) is 39.8 Å². The van der Waals surface area contributed by atoms with E-state index in [1.54, 1.807) is 35.6 Å². The highest BCUT2D eigenvalue weighted by Crippen LogP contribution is 2.41. The van der Waals surface area contributed by atoms with E-state index in [9.17, 15) is 19.2 Å². The van der Waals surface area contributed by atoms with Gasteiger partial charge in [-0.2, -0.15) is 5.10 Å². The lowest BCUT2D eigenvalue weighted by atomic mass is 9.99. The number of para-hydroxylation sites is 1. The zero-order valence-electron chi connectivity index (χ0n) is 31.7. The molecule has 4 amide bonds. The molecule has 2 aliphatic rings. The Kier molecular flexibility index (Phi) is 13.2. The topological polar surface area (TPSA) is 179 Å². The number of hydrogen-bond donors (Lipinski definition) is 5. The first kappa shape index (κ1) is 40.5. The molecule has 0 saturated heterocycles. The Morgan fingerprint density at radius 2 is 1.57 bits per heavy atom. The first-order chi connectivity index (χ1) is 26.9. The third-order valence-corrected chi connectivity index (χ3v) is 11.8. The summed E-state index contributed by atoms with van der Waals surface area (Å²) in [4.78, 5) is 65.0. The van der Waals surface area contributed by atoms with Crippen LogP contribution in [0.5, 0.6) is 0 Å². The molecular formula is C39H44ClN9O5S2. The van der Waals surface area contributed by atoms with Gasteiger partial charge in [0.2, 0.25) is 17.7 Å². The number of ether oxygens (including phenoxy) is 1. The number of rotatable bonds is 15. The number of amidine groups is 1. The molecule has 0 fully saturated rings. The van der Waals surface area contributed by atoms with Crippen molar-refractivity contribution in [1.29, 1.82) is 0 Å². The largest absolute Gasteiger partial charge is 0.380 e. The summed E-state index contributed by atoms with van der Waals surface area (Å²) in [6.07, 6.45) is 0.0676. The third kappa shape index (κ3) is 9.61. The minimum absolute atomic E-state index is 0.0351. The number of amides is 4. The van der Waals surface area contributed by atoms with Gasteiger partial charge in [0.1, 0.15) is 17.2 Å². The molecular weight excluding hydrogens is 774 g/mol. The van der Waals surface area contributed by atoms with Gasteiger partial charge < -0.3 is 20.7 Å². The van der Waals surface area contributed by atoms with Crippen molar-refractivity contribution in [2.24, 2.45) is 10.1 Å². The second-order valence-corrected chi connectivity index (χ2v) is 16.2. The van der Waals surface area contributed by atoms with Crippen LogP contribution in [-0.2, 0) is 19.1 Å². The van der Waals surface area contributed by atoms with E-state index in [0.29, 0.717) is 27.2 Å². The zero-order valence-corrected chi connectivity index (χ0v) is 34.1. The average Bonchev–Trinajstić information content (AvgIpc) is 3.77. The predicted octanol–water partition coefficient (Wildman–Crippen LogP) is 5.69. The summed E-state index contributed by atoms with van der Waals surface area (Å²) < 4.78 is 5.53. The Morgan fingerprint density at radius 1 is 0.875 bits per heavy atom. The van der Waals surface area contributed by atoms with Crippen LogP contribution in [0.4, 0.5) is 15.8 Å². The molecule has 5 N–H and O–H groups in total. The molecule has 0 aliphatic carbocycles. The molecule has 0 radical (unpaired) electrons. The predicted molar refractivity (Wildman–Crippen MR) is 222 cm³/mol. The molecule has 0 saturated carbocycles. The number of fused-ring (bicyclic) bond motifs is 3. The van der Waals surface area contributed by atoms with Crippen molar-refractivity contribution in [1.82, 2.24) is 21.0 Å². The summed E-state index contributed by atoms with van der Waals surface area (Å²) in [5, 5.41) is 18.0. The van der Waals surface area contributed by atoms with Gasteiger partial charge in [-0.25, -0.2) is 4.98 Å². The Bertz CT molecular complexity index is 2160. The number of carbonyl (C=O) groups is 4. The van der Waals surface area contributed by atoms with E-state index in [2.05, 4.69) is 55.5 Å². The van der Waals surface area contributed by atoms with Crippen LogP contribution in [-0.4, -0.2) is 78.7 Å². The van der Waals surface area contributed by atoms with E-state index in [1.165, 1.54) is 16.2 Å². The van der Waals surface area contributed by atoms with Crippen molar-refractivity contribution in [3.63, 3.8) is 0 Å². The maximum atomic E-state index is 13.2. The number of anilines is 3. The summed E-state index contributed by atoms with van der Waals surface area (Å²) >= 11 is 9.28. The van der Waals surface area contributed by atoms with Crippen LogP contribution >= 0.6 is 34.3 Å². The molecule has 14 nitrogen and oxygen atoms in total. The maximum absolute atomic E-state index is 13.2. The molecule has 0 spiro atoms. The highest BCUT2D eigenvalue weighted by atomic mass is 35.5. The van der Waals surface area contributed by atoms with Crippen LogP contribution in [0.2, 0.25) is 5.02 Å². The number of thiophene rings is 1. The zero-order chi connectivity index (χ0) is 39.9. The summed E-state index contributed by atoms with van der Waals surface area (Å²) in [6, 6.07) is 13.7. The second kappa shape index (κ2) is 18.2. The van der Waals surface area contributed by atoms with E-state index in [4.69, 9.17) is 21.3 Å². The first-order valence-electron chi connectivity index (χ1n) is 18.2. The van der Waals surface area contributed by atoms with Crippen LogP contribution in [0.15, 0.2) is 58.6 Å². The van der Waals surface area contributed by atoms with Gasteiger partial charge in [-0.15, -0.1) is 22.7 Å². The van der Waals surface area contributed by atoms with Crippen LogP contribution in [0.25, 0.3) is 0 Å². The van der Waals surface area contributed by atoms with Crippen molar-refractivity contribution in [3.8, 4) is 0 Å². The minimum atomic E-state index is -0.553. The molecule has 4 aromatic rings. The lowest BCUT2D eigenvalue weighted by molar-refractivity contribution is -0.123. The fourth-order valence-electron chi connectivity index (χ4n) is 6.15. The van der Waals surface area contributed by atoms with E-state index in [0.717, 1.165) is 38.0 Å². The number of nitrogens with one attached hydrogen (secondary N) is 5. The Hall–Kier alpha value is -5.16. The summed E-state index contributed by atoms with van der Waals surface area (Å²) in [5.41, 5.74) is 8.54. The summed E-state index contributed by atoms with van der Waals surface area (Å²) in [6.45, 7) is 10.7. The number of thiazole rings is 1. The highest BCUT2D eigenvalue weighted by Gasteiger charge is 2.39. The number of nitrogens with zero attached hydrogens (tertiary/aromatic N) is 4. The molecule has 56 heavy (non-hydrogen) atoms. The monoisotopic (exact) mass is 817 g/mol. The van der Waals surface area contributed by atoms with Crippen LogP contribution in [0, 0.1) is 27.7 Å². The van der Waals surface area contributed by atoms with Gasteiger partial charge in [0.05, 0.1) is 48.7 Å². The number of aryl methyl sites for hydroxylation is 3. The van der Waals surface area contributed by atoms with Gasteiger partial charge in [-0.05, 0) is 64.4 Å². The Balaban J connectivity index is 0.927. The van der Waals surface area contributed by atoms with E-state index < -0.39 is 6.04 Å². The normalized spacial score (nSPS) is 15.8. The van der Waals surface area contributed by atoms with Crippen molar-refractivity contribution in [2.45, 2.75) is 66.1 Å². The van der Waals surface area contributed by atoms with E-state index in [1.807, 2.05) is 45.0 Å². The van der Waals surface area contributed by atoms with E-state index >= 15 is 0 Å². The fraction of sp³-hybridized carbons (Fsp3) is 0.359. The number of halogens is 1. The molecule has 2 aromatic heterocycles. The first-order valence-corrected chi connectivity index (χ1v) is 20.2. The molecule has 2 aliphatic heterocycles. The molecule has 294 valence electrons. The highest BCUT2D eigenvalue weighted by molar-refractivity contribution is 7.17. The second-order valence-electron chi connectivity index (χ2n) is 13.3. The van der Waals surface area contributed by atoms with Crippen molar-refractivity contribution in [2.75, 3.05) is 41.8 Å². The van der Waals surface area contributed by atoms with Gasteiger partial charge in [0.25, 0.3) is 5.91 Å². The quantitative estimate of drug-likeness (QED) is 0.0951. The number of carbonyl (C=O) groups excluding carboxylic acids is 4. The molecule has 1 unspecified atom stereocenters. The maximum Gasteiger partial charge on any atom is 0.259 e. The smallest absolute Gasteiger partial charge is 0.259 e. The van der Waals surface area contributed by atoms with Crippen molar-refractivity contribution < 1.29 is 23.9 Å². The number of benzene rings is 2. The van der Waals surface area contributed by atoms with Gasteiger partial charge in [0, 0.05) is 45.4 Å². The summed E-state index contributed by atoms with van der Waals surface area (Å²) in [7, 11) is 0. The Morgan fingerprint density at radius 3 is 2.29 bits per heavy atom. The fourth-order valence-corrected chi connectivity index (χ4v) is 8.33. The minimum Gasteiger partial charge on any atom is -0.380 e. The van der Waals surface area contributed by atoms with Crippen LogP contribution in [0.3, 0.4) is 0 Å². The SMILES string of the molecule is Cc1nc(NC(=O)c2ccccc2NC(=O)CCOCCC(=O)NCCNC(=O)C[C@@H]2N=C(c3ccc(Cl)cc3)c3c(sc(C)c3C)N3C2=NNC3C)sc1C. The van der Waals surface area contributed by atoms with Crippen LogP contribution in [0.1, 0.15) is 68.7 Å². The molecule has 2 atom stereocenters. The lowest BCUT2D eigenvalue weighted by Gasteiger charge is -2.24. The van der Waals surface area contributed by atoms with Gasteiger partial charge in [0.15, 0.2) is 11.0 Å². The standard InChI is InChI=1S/C39H44ClN9O5S2/c1-21-23(3)55-38-34(21)35(26-10-12-27(40)13-11-26)45-30(36-48-47-25(5)49(36)38)20-33(52)42-17-16-41-31(50)14-18-54-19-15-32(51)44-29-9-7-6-8-28(29)37(53)46-39-43-22(2)24(4)56-39/h6-13,25,30,47H,14-20H2,1-5H3,(H,41,50)(H,42,52)(H,44,51)(H,43,46,53)/t25?,30-/m0/s1. The van der Waals surface area contributed by atoms with Crippen molar-refractivity contribution >= 4 is 85.3 Å². The number of aromatic nitrogens is 1. The summed E-state index contributed by atoms with van der Waals surface area (Å²) in [5.74, 6) is -0.502. The number of hydrogen-bond acceptors (Lipinski definition) is 12. The molecule has 2 aromatic carbocycles. The number of aliphatic imine (C=N–C) groups is 1. The molecule has 0 bridgehead atoms. The van der Waals surface area contributed by atoms with Gasteiger partial charge >= 0.3 is 0 Å². The van der Waals surface area contributed by atoms with Gasteiger partial charge in [-0.1, -0.05) is 35.9 Å². The van der Waals surface area contributed by atoms with Crippen LogP contribution < -0.4 is 31.6 Å². The average molecular weight is 818 g/mol. The Labute approximate surface area is 338 Å². The molecule has 4 heterocycles. The molecule has 17 heteroatoms.